The Hall–Kier alpha value is -1.41. The first-order valence-corrected chi connectivity index (χ1v) is 7.51. The van der Waals surface area contributed by atoms with Crippen LogP contribution in [0.3, 0.4) is 0 Å². The molecule has 0 bridgehead atoms. The smallest absolute Gasteiger partial charge is 0.233 e. The number of nitrogens with one attached hydrogen (secondary N) is 2. The SMILES string of the molecule is O=S(=O)(CCCCCl)Nc1ncnc2nc[nH]c12. The molecule has 0 amide bonds. The van der Waals surface area contributed by atoms with Crippen molar-refractivity contribution >= 4 is 38.6 Å². The molecule has 0 saturated heterocycles. The highest BCUT2D eigenvalue weighted by Crippen LogP contribution is 2.16. The van der Waals surface area contributed by atoms with E-state index in [4.69, 9.17) is 11.6 Å². The first kappa shape index (κ1) is 13.0. The summed E-state index contributed by atoms with van der Waals surface area (Å²) < 4.78 is 26.0. The lowest BCUT2D eigenvalue weighted by atomic mass is 10.4. The minimum absolute atomic E-state index is 0.0132. The summed E-state index contributed by atoms with van der Waals surface area (Å²) in [6, 6.07) is 0. The monoisotopic (exact) mass is 289 g/mol. The third-order valence-electron chi connectivity index (χ3n) is 2.27. The maximum atomic E-state index is 11.8. The van der Waals surface area contributed by atoms with Crippen LogP contribution in [-0.4, -0.2) is 40.0 Å². The van der Waals surface area contributed by atoms with Gasteiger partial charge in [0.2, 0.25) is 10.0 Å². The van der Waals surface area contributed by atoms with Gasteiger partial charge in [-0.1, -0.05) is 0 Å². The highest BCUT2D eigenvalue weighted by molar-refractivity contribution is 7.92. The third-order valence-corrected chi connectivity index (χ3v) is 3.87. The van der Waals surface area contributed by atoms with Crippen molar-refractivity contribution in [2.24, 2.45) is 0 Å². The van der Waals surface area contributed by atoms with Crippen LogP contribution in [0.5, 0.6) is 0 Å². The van der Waals surface area contributed by atoms with E-state index in [9.17, 15) is 8.42 Å². The fourth-order valence-electron chi connectivity index (χ4n) is 1.43. The molecule has 0 saturated carbocycles. The molecule has 98 valence electrons. The zero-order valence-electron chi connectivity index (χ0n) is 9.43. The van der Waals surface area contributed by atoms with Crippen LogP contribution in [0.1, 0.15) is 12.8 Å². The molecule has 0 aromatic carbocycles. The van der Waals surface area contributed by atoms with E-state index in [1.54, 1.807) is 0 Å². The third kappa shape index (κ3) is 3.08. The zero-order valence-corrected chi connectivity index (χ0v) is 11.0. The molecule has 7 nitrogen and oxygen atoms in total. The Bertz CT molecular complexity index is 627. The van der Waals surface area contributed by atoms with Gasteiger partial charge >= 0.3 is 0 Å². The minimum Gasteiger partial charge on any atom is -0.340 e. The lowest BCUT2D eigenvalue weighted by Gasteiger charge is -2.06. The van der Waals surface area contributed by atoms with Crippen molar-refractivity contribution in [2.45, 2.75) is 12.8 Å². The molecule has 0 unspecified atom stereocenters. The van der Waals surface area contributed by atoms with Crippen LogP contribution in [0.25, 0.3) is 11.2 Å². The Morgan fingerprint density at radius 1 is 1.28 bits per heavy atom. The topological polar surface area (TPSA) is 101 Å². The first-order valence-electron chi connectivity index (χ1n) is 5.33. The number of nitrogens with zero attached hydrogens (tertiary/aromatic N) is 3. The summed E-state index contributed by atoms with van der Waals surface area (Å²) in [6.07, 6.45) is 3.87. The highest BCUT2D eigenvalue weighted by atomic mass is 35.5. The van der Waals surface area contributed by atoms with Gasteiger partial charge in [-0.05, 0) is 12.8 Å². The lowest BCUT2D eigenvalue weighted by molar-refractivity contribution is 0.598. The summed E-state index contributed by atoms with van der Waals surface area (Å²) in [5.74, 6) is 0.677. The van der Waals surface area contributed by atoms with Crippen LogP contribution < -0.4 is 4.72 Å². The van der Waals surface area contributed by atoms with Gasteiger partial charge in [-0.25, -0.2) is 23.4 Å². The molecule has 0 radical (unpaired) electrons. The molecule has 18 heavy (non-hydrogen) atoms. The average Bonchev–Trinajstić information content (AvgIpc) is 2.78. The Kier molecular flexibility index (Phi) is 3.97. The summed E-state index contributed by atoms with van der Waals surface area (Å²) in [6.45, 7) is 0. The number of aromatic nitrogens is 4. The van der Waals surface area contributed by atoms with Crippen LogP contribution in [0.4, 0.5) is 5.82 Å². The molecule has 2 N–H and O–H groups in total. The molecular weight excluding hydrogens is 278 g/mol. The molecule has 2 aromatic heterocycles. The Morgan fingerprint density at radius 2 is 2.11 bits per heavy atom. The van der Waals surface area contributed by atoms with Gasteiger partial charge in [-0.15, -0.1) is 11.6 Å². The lowest BCUT2D eigenvalue weighted by Crippen LogP contribution is -2.18. The molecule has 2 heterocycles. The number of sulfonamides is 1. The molecule has 0 aliphatic carbocycles. The number of rotatable bonds is 6. The van der Waals surface area contributed by atoms with Crippen molar-refractivity contribution in [3.05, 3.63) is 12.7 Å². The van der Waals surface area contributed by atoms with Gasteiger partial charge in [0, 0.05) is 5.88 Å². The van der Waals surface area contributed by atoms with Crippen molar-refractivity contribution in [3.8, 4) is 0 Å². The van der Waals surface area contributed by atoms with E-state index < -0.39 is 10.0 Å². The van der Waals surface area contributed by atoms with Crippen LogP contribution in [0.15, 0.2) is 12.7 Å². The first-order chi connectivity index (χ1) is 8.62. The van der Waals surface area contributed by atoms with Gasteiger partial charge in [0.15, 0.2) is 11.5 Å². The van der Waals surface area contributed by atoms with Gasteiger partial charge < -0.3 is 4.98 Å². The number of halogens is 1. The van der Waals surface area contributed by atoms with Crippen molar-refractivity contribution < 1.29 is 8.42 Å². The molecule has 0 atom stereocenters. The van der Waals surface area contributed by atoms with Gasteiger partial charge in [-0.3, -0.25) is 4.72 Å². The molecule has 0 spiro atoms. The summed E-state index contributed by atoms with van der Waals surface area (Å²) in [5, 5.41) is 0. The van der Waals surface area contributed by atoms with E-state index in [1.165, 1.54) is 12.7 Å². The number of unbranched alkanes of at least 4 members (excludes halogenated alkanes) is 1. The van der Waals surface area contributed by atoms with Crippen LogP contribution in [0, 0.1) is 0 Å². The quantitative estimate of drug-likeness (QED) is 0.613. The number of anilines is 1. The van der Waals surface area contributed by atoms with Gasteiger partial charge in [0.05, 0.1) is 12.1 Å². The number of imidazole rings is 1. The molecular formula is C9H12ClN5O2S. The van der Waals surface area contributed by atoms with Crippen molar-refractivity contribution in [3.63, 3.8) is 0 Å². The Morgan fingerprint density at radius 3 is 2.89 bits per heavy atom. The fourth-order valence-corrected chi connectivity index (χ4v) is 2.75. The largest absolute Gasteiger partial charge is 0.340 e. The number of hydrogen-bond acceptors (Lipinski definition) is 5. The summed E-state index contributed by atoms with van der Waals surface area (Å²) in [4.78, 5) is 14.5. The Labute approximate surface area is 109 Å². The van der Waals surface area contributed by atoms with E-state index in [0.29, 0.717) is 29.9 Å². The normalized spacial score (nSPS) is 11.8. The van der Waals surface area contributed by atoms with Gasteiger partial charge in [0.25, 0.3) is 0 Å². The standard InChI is InChI=1S/C9H12ClN5O2S/c10-3-1-2-4-18(16,17)15-9-7-8(12-5-11-7)13-6-14-9/h5-6H,1-4H2,(H2,11,12,13,14,15). The van der Waals surface area contributed by atoms with Crippen LogP contribution in [-0.2, 0) is 10.0 Å². The fraction of sp³-hybridized carbons (Fsp3) is 0.444. The second-order valence-corrected chi connectivity index (χ2v) is 5.86. The molecule has 0 aliphatic rings. The maximum Gasteiger partial charge on any atom is 0.233 e. The highest BCUT2D eigenvalue weighted by Gasteiger charge is 2.14. The number of hydrogen-bond donors (Lipinski definition) is 2. The van der Waals surface area contributed by atoms with Crippen molar-refractivity contribution in [2.75, 3.05) is 16.4 Å². The second-order valence-electron chi connectivity index (χ2n) is 3.64. The van der Waals surface area contributed by atoms with E-state index >= 15 is 0 Å². The molecule has 0 fully saturated rings. The number of aromatic amines is 1. The van der Waals surface area contributed by atoms with E-state index in [1.807, 2.05) is 0 Å². The predicted molar refractivity (Wildman–Crippen MR) is 69.0 cm³/mol. The van der Waals surface area contributed by atoms with Gasteiger partial charge in [0.1, 0.15) is 11.8 Å². The summed E-state index contributed by atoms with van der Waals surface area (Å²) in [5.41, 5.74) is 0.891. The number of fused-ring (bicyclic) bond motifs is 1. The maximum absolute atomic E-state index is 11.8. The average molecular weight is 290 g/mol. The van der Waals surface area contributed by atoms with E-state index in [2.05, 4.69) is 24.7 Å². The van der Waals surface area contributed by atoms with Crippen molar-refractivity contribution in [1.29, 1.82) is 0 Å². The molecule has 9 heteroatoms. The molecule has 2 rings (SSSR count). The summed E-state index contributed by atoms with van der Waals surface area (Å²) >= 11 is 5.50. The molecule has 2 aromatic rings. The summed E-state index contributed by atoms with van der Waals surface area (Å²) in [7, 11) is -3.42. The Balaban J connectivity index is 2.15. The zero-order chi connectivity index (χ0) is 13.0. The van der Waals surface area contributed by atoms with Gasteiger partial charge in [-0.2, -0.15) is 0 Å². The number of alkyl halides is 1. The van der Waals surface area contributed by atoms with Crippen LogP contribution >= 0.6 is 11.6 Å². The van der Waals surface area contributed by atoms with E-state index in [-0.39, 0.29) is 11.6 Å². The number of H-pyrrole nitrogens is 1. The van der Waals surface area contributed by atoms with Crippen LogP contribution in [0.2, 0.25) is 0 Å². The minimum atomic E-state index is -3.42. The predicted octanol–water partition coefficient (Wildman–Crippen LogP) is 1.11. The molecule has 0 aliphatic heterocycles. The van der Waals surface area contributed by atoms with E-state index in [0.717, 1.165) is 0 Å². The van der Waals surface area contributed by atoms with Crippen molar-refractivity contribution in [1.82, 2.24) is 19.9 Å². The second kappa shape index (κ2) is 5.49.